The number of rotatable bonds is 9. The van der Waals surface area contributed by atoms with Crippen LogP contribution in [-0.2, 0) is 11.0 Å². The van der Waals surface area contributed by atoms with E-state index in [2.05, 4.69) is 5.16 Å². The smallest absolute Gasteiger partial charge is 0.416 e. The summed E-state index contributed by atoms with van der Waals surface area (Å²) in [5, 5.41) is 4.41. The Morgan fingerprint density at radius 3 is 2.53 bits per heavy atom. The van der Waals surface area contributed by atoms with E-state index in [1.165, 1.54) is 12.1 Å². The first-order valence-electron chi connectivity index (χ1n) is 11.5. The Morgan fingerprint density at radius 1 is 0.944 bits per heavy atom. The molecule has 2 atom stereocenters. The van der Waals surface area contributed by atoms with Crippen LogP contribution in [0.5, 0.6) is 23.0 Å². The zero-order valence-electron chi connectivity index (χ0n) is 19.5. The molecule has 1 heterocycles. The molecule has 3 aromatic carbocycles. The van der Waals surface area contributed by atoms with Gasteiger partial charge in [0, 0.05) is 5.92 Å². The molecule has 0 bridgehead atoms. The molecule has 1 fully saturated rings. The van der Waals surface area contributed by atoms with Crippen molar-refractivity contribution >= 4 is 5.71 Å². The number of hydrogen-bond donors (Lipinski definition) is 0. The van der Waals surface area contributed by atoms with E-state index >= 15 is 0 Å². The number of benzene rings is 3. The molecular weight excluding hydrogens is 475 g/mol. The summed E-state index contributed by atoms with van der Waals surface area (Å²) >= 11 is 0. The summed E-state index contributed by atoms with van der Waals surface area (Å²) in [6.07, 6.45) is -3.53. The molecular formula is C27H24F3NO5. The van der Waals surface area contributed by atoms with Crippen LogP contribution < -0.4 is 18.9 Å². The van der Waals surface area contributed by atoms with Gasteiger partial charge in [-0.25, -0.2) is 0 Å². The number of alkyl halides is 3. The van der Waals surface area contributed by atoms with Crippen molar-refractivity contribution in [3.8, 4) is 23.0 Å². The van der Waals surface area contributed by atoms with Gasteiger partial charge in [-0.2, -0.15) is 13.2 Å². The summed E-state index contributed by atoms with van der Waals surface area (Å²) < 4.78 is 60.3. The normalized spacial score (nSPS) is 18.6. The van der Waals surface area contributed by atoms with E-state index in [1.54, 1.807) is 7.11 Å². The quantitative estimate of drug-likeness (QED) is 0.204. The Kier molecular flexibility index (Phi) is 6.63. The van der Waals surface area contributed by atoms with Crippen molar-refractivity contribution in [3.05, 3.63) is 83.4 Å². The van der Waals surface area contributed by atoms with Crippen molar-refractivity contribution in [2.45, 2.75) is 18.5 Å². The van der Waals surface area contributed by atoms with E-state index in [0.717, 1.165) is 52.6 Å². The fourth-order valence-corrected chi connectivity index (χ4v) is 4.18. The summed E-state index contributed by atoms with van der Waals surface area (Å²) in [5.41, 5.74) is 2.07. The first-order chi connectivity index (χ1) is 17.4. The van der Waals surface area contributed by atoms with Gasteiger partial charge in [0.25, 0.3) is 0 Å². The standard InChI is InChI=1S/C27H24F3NO5/c1-32-20-8-5-17(6-9-20)26(23-15-22(23)18-7-10-24-25(13-18)35-16-34-24)31-36-12-11-33-21-4-2-3-19(14-21)27(28,29)30/h2-10,13-14,22-23H,11-12,15-16H2,1H3/b31-26+. The molecule has 6 nitrogen and oxygen atoms in total. The maximum atomic E-state index is 12.9. The molecule has 36 heavy (non-hydrogen) atoms. The number of fused-ring (bicyclic) bond motifs is 1. The Balaban J connectivity index is 1.25. The van der Waals surface area contributed by atoms with Gasteiger partial charge in [0.05, 0.1) is 18.4 Å². The van der Waals surface area contributed by atoms with Crippen LogP contribution in [0.2, 0.25) is 0 Å². The van der Waals surface area contributed by atoms with Gasteiger partial charge in [0.2, 0.25) is 6.79 Å². The van der Waals surface area contributed by atoms with Crippen LogP contribution in [0.4, 0.5) is 13.2 Å². The molecule has 5 rings (SSSR count). The van der Waals surface area contributed by atoms with Crippen LogP contribution >= 0.6 is 0 Å². The summed E-state index contributed by atoms with van der Waals surface area (Å²) in [6, 6.07) is 18.3. The van der Waals surface area contributed by atoms with Gasteiger partial charge in [-0.15, -0.1) is 0 Å². The molecule has 188 valence electrons. The maximum Gasteiger partial charge on any atom is 0.416 e. The largest absolute Gasteiger partial charge is 0.497 e. The predicted octanol–water partition coefficient (Wildman–Crippen LogP) is 6.05. The van der Waals surface area contributed by atoms with Crippen molar-refractivity contribution in [2.75, 3.05) is 27.1 Å². The van der Waals surface area contributed by atoms with E-state index in [1.807, 2.05) is 42.5 Å². The van der Waals surface area contributed by atoms with Gasteiger partial charge in [-0.3, -0.25) is 0 Å². The lowest BCUT2D eigenvalue weighted by Crippen LogP contribution is -2.10. The fourth-order valence-electron chi connectivity index (χ4n) is 4.18. The van der Waals surface area contributed by atoms with Crippen LogP contribution in [0.1, 0.15) is 29.0 Å². The topological polar surface area (TPSA) is 58.5 Å². The van der Waals surface area contributed by atoms with Crippen molar-refractivity contribution < 1.29 is 37.0 Å². The molecule has 9 heteroatoms. The second-order valence-corrected chi connectivity index (χ2v) is 8.47. The molecule has 0 N–H and O–H groups in total. The minimum absolute atomic E-state index is 0.0525. The van der Waals surface area contributed by atoms with E-state index in [4.69, 9.17) is 23.8 Å². The van der Waals surface area contributed by atoms with E-state index < -0.39 is 11.7 Å². The molecule has 0 saturated heterocycles. The lowest BCUT2D eigenvalue weighted by molar-refractivity contribution is -0.137. The number of nitrogens with zero attached hydrogens (tertiary/aromatic N) is 1. The lowest BCUT2D eigenvalue weighted by atomic mass is 10.0. The zero-order valence-corrected chi connectivity index (χ0v) is 19.5. The minimum Gasteiger partial charge on any atom is -0.497 e. The molecule has 3 aromatic rings. The third-order valence-corrected chi connectivity index (χ3v) is 6.12. The highest BCUT2D eigenvalue weighted by Gasteiger charge is 2.43. The SMILES string of the molecule is COc1ccc(/C(=N\OCCOc2cccc(C(F)(F)F)c2)C2CC2c2ccc3c(c2)OCO3)cc1. The van der Waals surface area contributed by atoms with Gasteiger partial charge in [0.1, 0.15) is 18.1 Å². The number of halogens is 3. The molecule has 1 saturated carbocycles. The number of ether oxygens (including phenoxy) is 4. The molecule has 0 spiro atoms. The summed E-state index contributed by atoms with van der Waals surface area (Å²) in [4.78, 5) is 5.55. The fraction of sp³-hybridized carbons (Fsp3) is 0.296. The van der Waals surface area contributed by atoms with E-state index in [0.29, 0.717) is 0 Å². The minimum atomic E-state index is -4.42. The average Bonchev–Trinajstić information content (AvgIpc) is 3.53. The molecule has 2 aliphatic rings. The number of oxime groups is 1. The molecule has 2 unspecified atom stereocenters. The highest BCUT2D eigenvalue weighted by Crippen LogP contribution is 2.51. The Labute approximate surface area is 206 Å². The highest BCUT2D eigenvalue weighted by molar-refractivity contribution is 6.04. The second kappa shape index (κ2) is 10.0. The monoisotopic (exact) mass is 499 g/mol. The Bertz CT molecular complexity index is 1240. The van der Waals surface area contributed by atoms with Crippen LogP contribution in [0.15, 0.2) is 71.9 Å². The van der Waals surface area contributed by atoms with Crippen molar-refractivity contribution in [2.24, 2.45) is 11.1 Å². The molecule has 0 amide bonds. The molecule has 1 aliphatic carbocycles. The highest BCUT2D eigenvalue weighted by atomic mass is 19.4. The van der Waals surface area contributed by atoms with Crippen molar-refractivity contribution in [1.82, 2.24) is 0 Å². The Morgan fingerprint density at radius 2 is 1.75 bits per heavy atom. The van der Waals surface area contributed by atoms with Crippen molar-refractivity contribution in [1.29, 1.82) is 0 Å². The summed E-state index contributed by atoms with van der Waals surface area (Å²) in [5.74, 6) is 2.73. The second-order valence-electron chi connectivity index (χ2n) is 8.47. The number of hydrogen-bond acceptors (Lipinski definition) is 6. The lowest BCUT2D eigenvalue weighted by Gasteiger charge is -2.11. The average molecular weight is 499 g/mol. The summed E-state index contributed by atoms with van der Waals surface area (Å²) in [7, 11) is 1.61. The van der Waals surface area contributed by atoms with Crippen LogP contribution in [0.25, 0.3) is 0 Å². The predicted molar refractivity (Wildman–Crippen MR) is 126 cm³/mol. The van der Waals surface area contributed by atoms with Gasteiger partial charge < -0.3 is 23.8 Å². The third kappa shape index (κ3) is 5.35. The van der Waals surface area contributed by atoms with Crippen LogP contribution in [-0.4, -0.2) is 32.8 Å². The van der Waals surface area contributed by atoms with E-state index in [-0.39, 0.29) is 37.6 Å². The third-order valence-electron chi connectivity index (χ3n) is 6.12. The van der Waals surface area contributed by atoms with E-state index in [9.17, 15) is 13.2 Å². The van der Waals surface area contributed by atoms with Crippen molar-refractivity contribution in [3.63, 3.8) is 0 Å². The van der Waals surface area contributed by atoms with Gasteiger partial charge in [0.15, 0.2) is 18.1 Å². The van der Waals surface area contributed by atoms with Crippen LogP contribution in [0.3, 0.4) is 0 Å². The van der Waals surface area contributed by atoms with Gasteiger partial charge in [-0.05, 0) is 78.1 Å². The van der Waals surface area contributed by atoms with Gasteiger partial charge >= 0.3 is 6.18 Å². The molecule has 1 aliphatic heterocycles. The molecule has 0 radical (unpaired) electrons. The first kappa shape index (κ1) is 23.8. The Hall–Kier alpha value is -3.88. The maximum absolute atomic E-state index is 12.9. The summed E-state index contributed by atoms with van der Waals surface area (Å²) in [6.45, 7) is 0.357. The first-order valence-corrected chi connectivity index (χ1v) is 11.5. The van der Waals surface area contributed by atoms with Gasteiger partial charge in [-0.1, -0.05) is 17.3 Å². The zero-order chi connectivity index (χ0) is 25.1. The van der Waals surface area contributed by atoms with Crippen LogP contribution in [0, 0.1) is 5.92 Å². The number of methoxy groups -OCH3 is 1. The molecule has 0 aromatic heterocycles.